The SMILES string of the molecule is CN(C)CCN(C)C(=O)c1cc[nH]c(=O)c1. The maximum atomic E-state index is 11.9. The third kappa shape index (κ3) is 3.51. The maximum absolute atomic E-state index is 11.9. The number of aromatic amines is 1. The fourth-order valence-corrected chi connectivity index (χ4v) is 1.25. The number of nitrogens with one attached hydrogen (secondary N) is 1. The van der Waals surface area contributed by atoms with Crippen LogP contribution in [-0.2, 0) is 0 Å². The molecule has 0 atom stereocenters. The largest absolute Gasteiger partial charge is 0.340 e. The van der Waals surface area contributed by atoms with Gasteiger partial charge in [0, 0.05) is 38.0 Å². The molecule has 5 heteroatoms. The summed E-state index contributed by atoms with van der Waals surface area (Å²) in [6, 6.07) is 2.92. The highest BCUT2D eigenvalue weighted by Crippen LogP contribution is 1.99. The summed E-state index contributed by atoms with van der Waals surface area (Å²) in [6.07, 6.45) is 1.48. The van der Waals surface area contributed by atoms with Crippen LogP contribution in [-0.4, -0.2) is 54.9 Å². The zero-order valence-electron chi connectivity index (χ0n) is 9.86. The molecular formula is C11H17N3O2. The van der Waals surface area contributed by atoms with Crippen molar-refractivity contribution in [3.8, 4) is 0 Å². The number of H-pyrrole nitrogens is 1. The van der Waals surface area contributed by atoms with E-state index in [9.17, 15) is 9.59 Å². The number of carbonyl (C=O) groups is 1. The number of nitrogens with zero attached hydrogens (tertiary/aromatic N) is 2. The van der Waals surface area contributed by atoms with E-state index < -0.39 is 0 Å². The Balaban J connectivity index is 2.67. The van der Waals surface area contributed by atoms with Gasteiger partial charge in [0.15, 0.2) is 0 Å². The van der Waals surface area contributed by atoms with E-state index in [2.05, 4.69) is 4.98 Å². The van der Waals surface area contributed by atoms with Crippen molar-refractivity contribution < 1.29 is 4.79 Å². The van der Waals surface area contributed by atoms with Gasteiger partial charge in [-0.2, -0.15) is 0 Å². The number of aromatic nitrogens is 1. The van der Waals surface area contributed by atoms with E-state index in [0.717, 1.165) is 6.54 Å². The Morgan fingerprint density at radius 1 is 1.31 bits per heavy atom. The van der Waals surface area contributed by atoms with Crippen LogP contribution in [0.4, 0.5) is 0 Å². The number of hydrogen-bond acceptors (Lipinski definition) is 3. The first-order valence-electron chi connectivity index (χ1n) is 5.09. The Morgan fingerprint density at radius 3 is 2.56 bits per heavy atom. The minimum atomic E-state index is -0.258. The molecule has 1 rings (SSSR count). The number of likely N-dealkylation sites (N-methyl/N-ethyl adjacent to an activating group) is 2. The van der Waals surface area contributed by atoms with E-state index in [-0.39, 0.29) is 11.5 Å². The molecule has 0 saturated heterocycles. The van der Waals surface area contributed by atoms with Gasteiger partial charge in [-0.05, 0) is 20.2 Å². The molecule has 0 aliphatic carbocycles. The highest BCUT2D eigenvalue weighted by Gasteiger charge is 2.11. The van der Waals surface area contributed by atoms with Gasteiger partial charge in [0.25, 0.3) is 5.91 Å². The molecule has 0 aliphatic rings. The fourth-order valence-electron chi connectivity index (χ4n) is 1.25. The lowest BCUT2D eigenvalue weighted by atomic mass is 10.2. The quantitative estimate of drug-likeness (QED) is 0.782. The molecule has 0 aliphatic heterocycles. The highest BCUT2D eigenvalue weighted by atomic mass is 16.2. The smallest absolute Gasteiger partial charge is 0.253 e. The summed E-state index contributed by atoms with van der Waals surface area (Å²) in [5.74, 6) is -0.132. The molecule has 0 aromatic carbocycles. The Kier molecular flexibility index (Phi) is 4.25. The van der Waals surface area contributed by atoms with Gasteiger partial charge in [-0.3, -0.25) is 9.59 Å². The minimum absolute atomic E-state index is 0.132. The van der Waals surface area contributed by atoms with Crippen LogP contribution in [0.5, 0.6) is 0 Å². The van der Waals surface area contributed by atoms with Crippen molar-refractivity contribution >= 4 is 5.91 Å². The predicted molar refractivity (Wildman–Crippen MR) is 62.6 cm³/mol. The molecule has 0 spiro atoms. The van der Waals surface area contributed by atoms with Crippen molar-refractivity contribution in [2.24, 2.45) is 0 Å². The van der Waals surface area contributed by atoms with E-state index in [1.165, 1.54) is 12.3 Å². The summed E-state index contributed by atoms with van der Waals surface area (Å²) in [7, 11) is 5.63. The monoisotopic (exact) mass is 223 g/mol. The molecule has 0 bridgehead atoms. The minimum Gasteiger partial charge on any atom is -0.340 e. The number of carbonyl (C=O) groups excluding carboxylic acids is 1. The van der Waals surface area contributed by atoms with E-state index in [0.29, 0.717) is 12.1 Å². The third-order valence-electron chi connectivity index (χ3n) is 2.25. The average molecular weight is 223 g/mol. The Hall–Kier alpha value is -1.62. The topological polar surface area (TPSA) is 56.4 Å². The van der Waals surface area contributed by atoms with Crippen molar-refractivity contribution in [3.63, 3.8) is 0 Å². The first-order valence-corrected chi connectivity index (χ1v) is 5.09. The molecule has 0 fully saturated rings. The standard InChI is InChI=1S/C11H17N3O2/c1-13(2)6-7-14(3)11(16)9-4-5-12-10(15)8-9/h4-5,8H,6-7H2,1-3H3,(H,12,15). The normalized spacial score (nSPS) is 10.5. The summed E-state index contributed by atoms with van der Waals surface area (Å²) in [6.45, 7) is 1.43. The third-order valence-corrected chi connectivity index (χ3v) is 2.25. The lowest BCUT2D eigenvalue weighted by Gasteiger charge is -2.19. The van der Waals surface area contributed by atoms with Gasteiger partial charge in [-0.15, -0.1) is 0 Å². The van der Waals surface area contributed by atoms with Crippen LogP contribution in [0.3, 0.4) is 0 Å². The molecule has 5 nitrogen and oxygen atoms in total. The van der Waals surface area contributed by atoms with Gasteiger partial charge in [-0.1, -0.05) is 0 Å². The second-order valence-electron chi connectivity index (χ2n) is 3.97. The molecular weight excluding hydrogens is 206 g/mol. The number of pyridine rings is 1. The van der Waals surface area contributed by atoms with Gasteiger partial charge in [0.05, 0.1) is 0 Å². The van der Waals surface area contributed by atoms with Gasteiger partial charge < -0.3 is 14.8 Å². The zero-order valence-corrected chi connectivity index (χ0v) is 9.86. The average Bonchev–Trinajstić information content (AvgIpc) is 2.24. The molecule has 1 aromatic rings. The molecule has 0 unspecified atom stereocenters. The molecule has 1 N–H and O–H groups in total. The van der Waals surface area contributed by atoms with E-state index in [1.54, 1.807) is 18.0 Å². The van der Waals surface area contributed by atoms with Crippen LogP contribution in [0.15, 0.2) is 23.1 Å². The van der Waals surface area contributed by atoms with Gasteiger partial charge in [0.2, 0.25) is 5.56 Å². The van der Waals surface area contributed by atoms with Crippen LogP contribution in [0.1, 0.15) is 10.4 Å². The van der Waals surface area contributed by atoms with Gasteiger partial charge in [0.1, 0.15) is 0 Å². The Bertz CT molecular complexity index is 412. The lowest BCUT2D eigenvalue weighted by Crippen LogP contribution is -2.33. The van der Waals surface area contributed by atoms with E-state index >= 15 is 0 Å². The summed E-state index contributed by atoms with van der Waals surface area (Å²) in [5.41, 5.74) is 0.164. The maximum Gasteiger partial charge on any atom is 0.253 e. The molecule has 1 heterocycles. The first-order chi connectivity index (χ1) is 7.50. The van der Waals surface area contributed by atoms with Crippen LogP contribution in [0.2, 0.25) is 0 Å². The van der Waals surface area contributed by atoms with Crippen molar-refractivity contribution in [3.05, 3.63) is 34.2 Å². The first kappa shape index (κ1) is 12.4. The second kappa shape index (κ2) is 5.46. The van der Waals surface area contributed by atoms with Crippen molar-refractivity contribution in [2.75, 3.05) is 34.2 Å². The summed E-state index contributed by atoms with van der Waals surface area (Å²) < 4.78 is 0. The molecule has 1 aromatic heterocycles. The van der Waals surface area contributed by atoms with E-state index in [1.807, 2.05) is 19.0 Å². The number of amides is 1. The van der Waals surface area contributed by atoms with E-state index in [4.69, 9.17) is 0 Å². The Morgan fingerprint density at radius 2 is 2.00 bits per heavy atom. The molecule has 0 radical (unpaired) electrons. The zero-order chi connectivity index (χ0) is 12.1. The molecule has 0 saturated carbocycles. The van der Waals surface area contributed by atoms with Crippen LogP contribution < -0.4 is 5.56 Å². The van der Waals surface area contributed by atoms with Crippen molar-refractivity contribution in [2.45, 2.75) is 0 Å². The number of rotatable bonds is 4. The summed E-state index contributed by atoms with van der Waals surface area (Å²) in [4.78, 5) is 29.0. The molecule has 1 amide bonds. The Labute approximate surface area is 94.7 Å². The van der Waals surface area contributed by atoms with Crippen LogP contribution in [0, 0.1) is 0 Å². The second-order valence-corrected chi connectivity index (χ2v) is 3.97. The number of hydrogen-bond donors (Lipinski definition) is 1. The fraction of sp³-hybridized carbons (Fsp3) is 0.455. The summed E-state index contributed by atoms with van der Waals surface area (Å²) in [5, 5.41) is 0. The lowest BCUT2D eigenvalue weighted by molar-refractivity contribution is 0.0786. The van der Waals surface area contributed by atoms with Crippen molar-refractivity contribution in [1.82, 2.24) is 14.8 Å². The van der Waals surface area contributed by atoms with Gasteiger partial charge in [-0.25, -0.2) is 0 Å². The predicted octanol–water partition coefficient (Wildman–Crippen LogP) is 0.00850. The van der Waals surface area contributed by atoms with Crippen molar-refractivity contribution in [1.29, 1.82) is 0 Å². The summed E-state index contributed by atoms with van der Waals surface area (Å²) >= 11 is 0. The molecule has 88 valence electrons. The van der Waals surface area contributed by atoms with Gasteiger partial charge >= 0.3 is 0 Å². The molecule has 16 heavy (non-hydrogen) atoms. The van der Waals surface area contributed by atoms with Crippen LogP contribution >= 0.6 is 0 Å². The van der Waals surface area contributed by atoms with Crippen LogP contribution in [0.25, 0.3) is 0 Å². The highest BCUT2D eigenvalue weighted by molar-refractivity contribution is 5.93.